The summed E-state index contributed by atoms with van der Waals surface area (Å²) in [6.07, 6.45) is 4.56. The van der Waals surface area contributed by atoms with Crippen LogP contribution in [0.25, 0.3) is 0 Å². The van der Waals surface area contributed by atoms with Gasteiger partial charge in [-0.2, -0.15) is 4.31 Å². The van der Waals surface area contributed by atoms with E-state index in [0.29, 0.717) is 18.5 Å². The number of carbonyl (C=O) groups is 2. The van der Waals surface area contributed by atoms with Crippen molar-refractivity contribution in [2.45, 2.75) is 50.0 Å². The molecule has 2 fully saturated rings. The Morgan fingerprint density at radius 2 is 1.62 bits per heavy atom. The zero-order chi connectivity index (χ0) is 24.1. The van der Waals surface area contributed by atoms with E-state index in [1.807, 2.05) is 31.2 Å². The molecule has 2 heterocycles. The molecule has 0 aliphatic carbocycles. The maximum absolute atomic E-state index is 13.0. The van der Waals surface area contributed by atoms with E-state index in [1.54, 1.807) is 12.1 Å². The third-order valence-electron chi connectivity index (χ3n) is 6.32. The number of nitrogens with zero attached hydrogens (tertiary/aromatic N) is 2. The van der Waals surface area contributed by atoms with Gasteiger partial charge < -0.3 is 15.0 Å². The summed E-state index contributed by atoms with van der Waals surface area (Å²) in [7, 11) is -3.82. The minimum atomic E-state index is -3.82. The van der Waals surface area contributed by atoms with Crippen LogP contribution in [0.3, 0.4) is 0 Å². The van der Waals surface area contributed by atoms with E-state index < -0.39 is 34.5 Å². The third kappa shape index (κ3) is 5.59. The first-order valence-electron chi connectivity index (χ1n) is 11.7. The molecule has 2 aromatic carbocycles. The molecule has 0 aromatic heterocycles. The minimum Gasteiger partial charge on any atom is -0.454 e. The van der Waals surface area contributed by atoms with Gasteiger partial charge in [0, 0.05) is 31.0 Å². The number of nitrogens with one attached hydrogen (secondary N) is 1. The lowest BCUT2D eigenvalue weighted by Gasteiger charge is -2.28. The first-order valence-corrected chi connectivity index (χ1v) is 13.2. The van der Waals surface area contributed by atoms with Crippen LogP contribution in [0.4, 0.5) is 11.4 Å². The van der Waals surface area contributed by atoms with Gasteiger partial charge in [0.25, 0.3) is 5.91 Å². The van der Waals surface area contributed by atoms with Gasteiger partial charge in [0.2, 0.25) is 10.0 Å². The number of benzene rings is 2. The van der Waals surface area contributed by atoms with Crippen LogP contribution in [0.5, 0.6) is 0 Å². The van der Waals surface area contributed by atoms with Gasteiger partial charge in [0.05, 0.1) is 4.90 Å². The van der Waals surface area contributed by atoms with Crippen LogP contribution in [0.15, 0.2) is 53.4 Å². The summed E-state index contributed by atoms with van der Waals surface area (Å²) in [5, 5.41) is 2.72. The molecule has 2 saturated heterocycles. The number of amides is 1. The first kappa shape index (κ1) is 24.2. The number of sulfonamides is 1. The molecule has 8 nitrogen and oxygen atoms in total. The number of aryl methyl sites for hydroxylation is 1. The van der Waals surface area contributed by atoms with Crippen molar-refractivity contribution in [3.63, 3.8) is 0 Å². The average Bonchev–Trinajstić information content (AvgIpc) is 3.35. The highest BCUT2D eigenvalue weighted by Crippen LogP contribution is 2.27. The van der Waals surface area contributed by atoms with Gasteiger partial charge in [-0.1, -0.05) is 17.7 Å². The lowest BCUT2D eigenvalue weighted by Crippen LogP contribution is -2.42. The fourth-order valence-electron chi connectivity index (χ4n) is 4.45. The van der Waals surface area contributed by atoms with E-state index in [1.165, 1.54) is 35.7 Å². The quantitative estimate of drug-likeness (QED) is 0.605. The summed E-state index contributed by atoms with van der Waals surface area (Å²) >= 11 is 0. The molecule has 0 radical (unpaired) electrons. The van der Waals surface area contributed by atoms with E-state index in [-0.39, 0.29) is 11.4 Å². The van der Waals surface area contributed by atoms with Crippen LogP contribution in [-0.2, 0) is 24.3 Å². The van der Waals surface area contributed by atoms with Gasteiger partial charge in [0.1, 0.15) is 6.04 Å². The van der Waals surface area contributed by atoms with Gasteiger partial charge in [-0.25, -0.2) is 8.42 Å². The average molecular weight is 486 g/mol. The second-order valence-electron chi connectivity index (χ2n) is 8.84. The Bertz CT molecular complexity index is 1110. The number of ether oxygens (including phenoxy) is 1. The van der Waals surface area contributed by atoms with Crippen LogP contribution in [-0.4, -0.2) is 56.9 Å². The lowest BCUT2D eigenvalue weighted by atomic mass is 10.1. The van der Waals surface area contributed by atoms with Crippen molar-refractivity contribution in [3.8, 4) is 0 Å². The van der Waals surface area contributed by atoms with Crippen LogP contribution < -0.4 is 10.2 Å². The van der Waals surface area contributed by atoms with Crippen molar-refractivity contribution in [2.24, 2.45) is 0 Å². The lowest BCUT2D eigenvalue weighted by molar-refractivity contribution is -0.150. The molecular formula is C25H31N3O5S. The topological polar surface area (TPSA) is 96.0 Å². The fourth-order valence-corrected chi connectivity index (χ4v) is 6.09. The molecule has 1 amide bonds. The smallest absolute Gasteiger partial charge is 0.324 e. The Morgan fingerprint density at radius 3 is 2.29 bits per heavy atom. The van der Waals surface area contributed by atoms with Gasteiger partial charge in [-0.3, -0.25) is 9.59 Å². The Kier molecular flexibility index (Phi) is 7.53. The molecule has 4 rings (SSSR count). The predicted molar refractivity (Wildman–Crippen MR) is 130 cm³/mol. The SMILES string of the molecule is Cc1ccc(S(=O)(=O)N2CCC[C@H]2C(=O)OCC(=O)Nc2ccc(N3CCCCC3)cc2)cc1. The van der Waals surface area contributed by atoms with Crippen LogP contribution >= 0.6 is 0 Å². The number of carbonyl (C=O) groups excluding carboxylic acids is 2. The third-order valence-corrected chi connectivity index (χ3v) is 8.24. The number of hydrogen-bond acceptors (Lipinski definition) is 6. The Balaban J connectivity index is 1.31. The normalized spacial score (nSPS) is 19.1. The molecule has 34 heavy (non-hydrogen) atoms. The van der Waals surface area contributed by atoms with E-state index in [2.05, 4.69) is 10.2 Å². The highest BCUT2D eigenvalue weighted by Gasteiger charge is 2.40. The van der Waals surface area contributed by atoms with Crippen molar-refractivity contribution in [1.82, 2.24) is 4.31 Å². The van der Waals surface area contributed by atoms with Crippen molar-refractivity contribution in [3.05, 3.63) is 54.1 Å². The molecule has 9 heteroatoms. The van der Waals surface area contributed by atoms with Crippen molar-refractivity contribution >= 4 is 33.3 Å². The first-order chi connectivity index (χ1) is 16.3. The van der Waals surface area contributed by atoms with Gasteiger partial charge >= 0.3 is 5.97 Å². The summed E-state index contributed by atoms with van der Waals surface area (Å²) in [5.41, 5.74) is 2.69. The highest BCUT2D eigenvalue weighted by molar-refractivity contribution is 7.89. The second-order valence-corrected chi connectivity index (χ2v) is 10.7. The van der Waals surface area contributed by atoms with E-state index in [9.17, 15) is 18.0 Å². The van der Waals surface area contributed by atoms with Crippen molar-refractivity contribution in [2.75, 3.05) is 36.5 Å². The summed E-state index contributed by atoms with van der Waals surface area (Å²) in [6, 6.07) is 13.2. The summed E-state index contributed by atoms with van der Waals surface area (Å²) in [5.74, 6) is -1.17. The molecule has 1 N–H and O–H groups in total. The molecule has 0 spiro atoms. The van der Waals surface area contributed by atoms with E-state index in [0.717, 1.165) is 24.3 Å². The minimum absolute atomic E-state index is 0.142. The molecule has 2 aliphatic rings. The monoisotopic (exact) mass is 485 g/mol. The van der Waals surface area contributed by atoms with Crippen LogP contribution in [0.2, 0.25) is 0 Å². The maximum Gasteiger partial charge on any atom is 0.324 e. The molecule has 182 valence electrons. The second kappa shape index (κ2) is 10.6. The largest absolute Gasteiger partial charge is 0.454 e. The summed E-state index contributed by atoms with van der Waals surface area (Å²) < 4.78 is 32.4. The molecule has 0 unspecified atom stereocenters. The Morgan fingerprint density at radius 1 is 0.941 bits per heavy atom. The molecule has 2 aliphatic heterocycles. The van der Waals surface area contributed by atoms with E-state index >= 15 is 0 Å². The Hall–Kier alpha value is -2.91. The molecular weight excluding hydrogens is 454 g/mol. The maximum atomic E-state index is 13.0. The number of piperidine rings is 1. The zero-order valence-electron chi connectivity index (χ0n) is 19.4. The van der Waals surface area contributed by atoms with Gasteiger partial charge in [-0.05, 0) is 75.4 Å². The van der Waals surface area contributed by atoms with Crippen LogP contribution in [0, 0.1) is 6.92 Å². The van der Waals surface area contributed by atoms with Crippen molar-refractivity contribution in [1.29, 1.82) is 0 Å². The zero-order valence-corrected chi connectivity index (χ0v) is 20.2. The van der Waals surface area contributed by atoms with Crippen molar-refractivity contribution < 1.29 is 22.7 Å². The highest BCUT2D eigenvalue weighted by atomic mass is 32.2. The summed E-state index contributed by atoms with van der Waals surface area (Å²) in [6.45, 7) is 3.73. The number of hydrogen-bond donors (Lipinski definition) is 1. The molecule has 0 saturated carbocycles. The fraction of sp³-hybridized carbons (Fsp3) is 0.440. The Labute approximate surface area is 200 Å². The number of rotatable bonds is 7. The number of anilines is 2. The van der Waals surface area contributed by atoms with Gasteiger partial charge in [0.15, 0.2) is 6.61 Å². The molecule has 1 atom stereocenters. The predicted octanol–water partition coefficient (Wildman–Crippen LogP) is 3.32. The molecule has 2 aromatic rings. The number of esters is 1. The van der Waals surface area contributed by atoms with Gasteiger partial charge in [-0.15, -0.1) is 0 Å². The standard InChI is InChI=1S/C25H31N3O5S/c1-19-7-13-22(14-8-19)34(31,32)28-17-5-6-23(28)25(30)33-18-24(29)26-20-9-11-21(12-10-20)27-15-3-2-4-16-27/h7-14,23H,2-6,15-18H2,1H3,(H,26,29)/t23-/m0/s1. The molecule has 0 bridgehead atoms. The van der Waals surface area contributed by atoms with E-state index in [4.69, 9.17) is 4.74 Å². The summed E-state index contributed by atoms with van der Waals surface area (Å²) in [4.78, 5) is 27.4. The van der Waals surface area contributed by atoms with Crippen LogP contribution in [0.1, 0.15) is 37.7 Å².